The molecule has 0 saturated heterocycles. The van der Waals surface area contributed by atoms with Gasteiger partial charge in [0.2, 0.25) is 5.91 Å². The average molecular weight is 518 g/mol. The number of primary amides is 1. The summed E-state index contributed by atoms with van der Waals surface area (Å²) in [5.41, 5.74) is 6.03. The van der Waals surface area contributed by atoms with E-state index >= 15 is 0 Å². The highest BCUT2D eigenvalue weighted by atomic mass is 35.5. The van der Waals surface area contributed by atoms with Gasteiger partial charge in [-0.05, 0) is 38.1 Å². The van der Waals surface area contributed by atoms with Gasteiger partial charge in [0, 0.05) is 16.6 Å². The molecular formula is C22H21ClFN7O3S. The molecule has 2 aromatic carbocycles. The van der Waals surface area contributed by atoms with E-state index in [-0.39, 0.29) is 17.1 Å². The fourth-order valence-electron chi connectivity index (χ4n) is 3.42. The van der Waals surface area contributed by atoms with Crippen LogP contribution in [0.5, 0.6) is 0 Å². The molecule has 0 radical (unpaired) electrons. The zero-order valence-electron chi connectivity index (χ0n) is 18.7. The summed E-state index contributed by atoms with van der Waals surface area (Å²) >= 11 is 7.34. The van der Waals surface area contributed by atoms with Crippen molar-refractivity contribution in [2.24, 2.45) is 5.73 Å². The summed E-state index contributed by atoms with van der Waals surface area (Å²) < 4.78 is 14.3. The predicted octanol–water partition coefficient (Wildman–Crippen LogP) is 3.34. The van der Waals surface area contributed by atoms with Gasteiger partial charge in [0.15, 0.2) is 5.13 Å². The van der Waals surface area contributed by atoms with Crippen LogP contribution in [0.25, 0.3) is 21.1 Å². The molecule has 0 aliphatic carbocycles. The maximum atomic E-state index is 13.6. The minimum absolute atomic E-state index is 0.114. The molecule has 3 amide bonds. The Bertz CT molecular complexity index is 1470. The Morgan fingerprint density at radius 3 is 2.74 bits per heavy atom. The molecule has 0 aliphatic rings. The van der Waals surface area contributed by atoms with Gasteiger partial charge in [-0.15, -0.1) is 0 Å². The van der Waals surface area contributed by atoms with Crippen LogP contribution in [0, 0.1) is 0 Å². The first kappa shape index (κ1) is 24.4. The lowest BCUT2D eigenvalue weighted by atomic mass is 10.0. The molecular weight excluding hydrogens is 497 g/mol. The number of fused-ring (bicyclic) bond motifs is 3. The van der Waals surface area contributed by atoms with Crippen LogP contribution < -0.4 is 21.7 Å². The number of thiazole rings is 1. The fourth-order valence-corrected chi connectivity index (χ4v) is 4.64. The number of nitrogens with zero attached hydrogens (tertiary/aromatic N) is 2. The standard InChI is InChI=1S/C22H21ClFN7O3S/c1-22(2,30-11-3-4-14(23)12(6-11)19(33)26-9-16(25)32)20(34)29-21-28-17-10(7-24)5-15-13(8-27-31-15)18(17)35-21/h3-6,8,30H,7,9H2,1-2H3,(H2,25,32)(H,26,33)(H,27,31)(H,28,29,34). The lowest BCUT2D eigenvalue weighted by molar-refractivity contribution is -0.119. The number of rotatable bonds is 8. The Labute approximate surface area is 207 Å². The van der Waals surface area contributed by atoms with Crippen molar-refractivity contribution in [3.05, 3.63) is 46.6 Å². The SMILES string of the molecule is CC(C)(Nc1ccc(Cl)c(C(=O)NCC(N)=O)c1)C(=O)Nc1nc2c(CF)cc3[nH]ncc3c2s1. The number of anilines is 2. The molecule has 6 N–H and O–H groups in total. The second kappa shape index (κ2) is 9.47. The summed E-state index contributed by atoms with van der Waals surface area (Å²) in [7, 11) is 0. The third-order valence-electron chi connectivity index (χ3n) is 5.19. The highest BCUT2D eigenvalue weighted by Crippen LogP contribution is 2.35. The molecule has 0 spiro atoms. The van der Waals surface area contributed by atoms with Gasteiger partial charge in [-0.25, -0.2) is 9.37 Å². The molecule has 0 aliphatic heterocycles. The normalized spacial score (nSPS) is 11.5. The lowest BCUT2D eigenvalue weighted by Gasteiger charge is -2.26. The number of alkyl halides is 1. The number of aromatic amines is 1. The van der Waals surface area contributed by atoms with Gasteiger partial charge >= 0.3 is 0 Å². The zero-order valence-corrected chi connectivity index (χ0v) is 20.2. The third kappa shape index (κ3) is 5.03. The van der Waals surface area contributed by atoms with Crippen LogP contribution >= 0.6 is 22.9 Å². The van der Waals surface area contributed by atoms with Crippen LogP contribution in [0.2, 0.25) is 5.02 Å². The Hall–Kier alpha value is -3.77. The molecule has 35 heavy (non-hydrogen) atoms. The molecule has 182 valence electrons. The van der Waals surface area contributed by atoms with E-state index in [2.05, 4.69) is 31.1 Å². The number of carbonyl (C=O) groups excluding carboxylic acids is 3. The summed E-state index contributed by atoms with van der Waals surface area (Å²) in [4.78, 5) is 40.8. The first-order valence-electron chi connectivity index (χ1n) is 10.4. The molecule has 0 unspecified atom stereocenters. The largest absolute Gasteiger partial charge is 0.372 e. The monoisotopic (exact) mass is 517 g/mol. The van der Waals surface area contributed by atoms with Gasteiger partial charge in [0.25, 0.3) is 11.8 Å². The van der Waals surface area contributed by atoms with Gasteiger partial charge < -0.3 is 16.4 Å². The Morgan fingerprint density at radius 1 is 1.26 bits per heavy atom. The first-order chi connectivity index (χ1) is 16.6. The average Bonchev–Trinajstić information content (AvgIpc) is 3.44. The van der Waals surface area contributed by atoms with E-state index in [1.54, 1.807) is 32.2 Å². The van der Waals surface area contributed by atoms with Crippen molar-refractivity contribution < 1.29 is 18.8 Å². The highest BCUT2D eigenvalue weighted by molar-refractivity contribution is 7.23. The number of H-pyrrole nitrogens is 1. The highest BCUT2D eigenvalue weighted by Gasteiger charge is 2.29. The van der Waals surface area contributed by atoms with Gasteiger partial charge in [0.1, 0.15) is 12.2 Å². The molecule has 2 heterocycles. The van der Waals surface area contributed by atoms with Crippen molar-refractivity contribution in [1.82, 2.24) is 20.5 Å². The molecule has 4 aromatic rings. The molecule has 0 bridgehead atoms. The van der Waals surface area contributed by atoms with E-state index < -0.39 is 29.9 Å². The first-order valence-corrected chi connectivity index (χ1v) is 11.6. The quantitative estimate of drug-likeness (QED) is 0.241. The Balaban J connectivity index is 1.54. The number of nitrogens with two attached hydrogens (primary N) is 1. The van der Waals surface area contributed by atoms with Crippen molar-refractivity contribution >= 4 is 72.6 Å². The summed E-state index contributed by atoms with van der Waals surface area (Å²) in [6.45, 7) is 2.26. The molecule has 0 saturated carbocycles. The molecule has 0 atom stereocenters. The summed E-state index contributed by atoms with van der Waals surface area (Å²) in [6, 6.07) is 6.23. The fraction of sp³-hybridized carbons (Fsp3) is 0.227. The van der Waals surface area contributed by atoms with Gasteiger partial charge in [-0.3, -0.25) is 24.8 Å². The van der Waals surface area contributed by atoms with E-state index in [1.165, 1.54) is 23.5 Å². The van der Waals surface area contributed by atoms with E-state index in [1.807, 2.05) is 0 Å². The van der Waals surface area contributed by atoms with Gasteiger partial charge in [0.05, 0.1) is 39.1 Å². The summed E-state index contributed by atoms with van der Waals surface area (Å²) in [5.74, 6) is -1.68. The number of aromatic nitrogens is 3. The van der Waals surface area contributed by atoms with Crippen LogP contribution in [-0.4, -0.2) is 45.0 Å². The minimum atomic E-state index is -1.14. The zero-order chi connectivity index (χ0) is 25.3. The maximum absolute atomic E-state index is 13.6. The van der Waals surface area contributed by atoms with E-state index in [0.29, 0.717) is 32.1 Å². The van der Waals surface area contributed by atoms with Gasteiger partial charge in [-0.1, -0.05) is 22.9 Å². The van der Waals surface area contributed by atoms with Crippen LogP contribution in [-0.2, 0) is 16.3 Å². The molecule has 2 aromatic heterocycles. The number of amides is 3. The topological polar surface area (TPSA) is 155 Å². The van der Waals surface area contributed by atoms with Crippen molar-refractivity contribution in [3.63, 3.8) is 0 Å². The van der Waals surface area contributed by atoms with Crippen LogP contribution in [0.3, 0.4) is 0 Å². The minimum Gasteiger partial charge on any atom is -0.372 e. The van der Waals surface area contributed by atoms with Crippen molar-refractivity contribution in [2.75, 3.05) is 17.2 Å². The summed E-state index contributed by atoms with van der Waals surface area (Å²) in [6.07, 6.45) is 1.63. The predicted molar refractivity (Wildman–Crippen MR) is 133 cm³/mol. The second-order valence-corrected chi connectivity index (χ2v) is 9.65. The van der Waals surface area contributed by atoms with Gasteiger partial charge in [-0.2, -0.15) is 5.10 Å². The molecule has 0 fully saturated rings. The van der Waals surface area contributed by atoms with E-state index in [0.717, 1.165) is 5.39 Å². The molecule has 13 heteroatoms. The number of benzene rings is 2. The van der Waals surface area contributed by atoms with Crippen molar-refractivity contribution in [3.8, 4) is 0 Å². The van der Waals surface area contributed by atoms with Crippen LogP contribution in [0.1, 0.15) is 29.8 Å². The van der Waals surface area contributed by atoms with E-state index in [9.17, 15) is 18.8 Å². The number of hydrogen-bond donors (Lipinski definition) is 5. The number of nitrogens with one attached hydrogen (secondary N) is 4. The maximum Gasteiger partial charge on any atom is 0.253 e. The second-order valence-electron chi connectivity index (χ2n) is 8.25. The van der Waals surface area contributed by atoms with Crippen LogP contribution in [0.15, 0.2) is 30.5 Å². The van der Waals surface area contributed by atoms with Crippen molar-refractivity contribution in [1.29, 1.82) is 0 Å². The molecule has 4 rings (SSSR count). The van der Waals surface area contributed by atoms with Crippen molar-refractivity contribution in [2.45, 2.75) is 26.1 Å². The number of hydrogen-bond acceptors (Lipinski definition) is 7. The smallest absolute Gasteiger partial charge is 0.253 e. The number of halogens is 2. The third-order valence-corrected chi connectivity index (χ3v) is 6.52. The summed E-state index contributed by atoms with van der Waals surface area (Å²) in [5, 5.41) is 16.3. The number of carbonyl (C=O) groups is 3. The Morgan fingerprint density at radius 2 is 2.03 bits per heavy atom. The Kier molecular flexibility index (Phi) is 6.59. The molecule has 10 nitrogen and oxygen atoms in total. The van der Waals surface area contributed by atoms with Crippen LogP contribution in [0.4, 0.5) is 15.2 Å². The lowest BCUT2D eigenvalue weighted by Crippen LogP contribution is -2.44. The van der Waals surface area contributed by atoms with E-state index in [4.69, 9.17) is 17.3 Å².